The van der Waals surface area contributed by atoms with E-state index in [-0.39, 0.29) is 0 Å². The summed E-state index contributed by atoms with van der Waals surface area (Å²) in [5.41, 5.74) is 1.01. The van der Waals surface area contributed by atoms with Crippen LogP contribution in [-0.4, -0.2) is 32.1 Å². The van der Waals surface area contributed by atoms with Gasteiger partial charge in [0.25, 0.3) is 0 Å². The number of thioether (sulfide) groups is 1. The quantitative estimate of drug-likeness (QED) is 0.596. The molecule has 3 rings (SSSR count). The van der Waals surface area contributed by atoms with Gasteiger partial charge in [-0.05, 0) is 30.2 Å². The number of hydrogen-bond acceptors (Lipinski definition) is 7. The molecule has 0 atom stereocenters. The van der Waals surface area contributed by atoms with E-state index in [1.54, 1.807) is 25.8 Å². The molecule has 3 aromatic rings. The lowest BCUT2D eigenvalue weighted by Gasteiger charge is -2.12. The average Bonchev–Trinajstić information content (AvgIpc) is 3.19. The van der Waals surface area contributed by atoms with Crippen LogP contribution in [0.25, 0.3) is 11.4 Å². The second-order valence-electron chi connectivity index (χ2n) is 6.04. The topological polar surface area (TPSA) is 78.9 Å². The van der Waals surface area contributed by atoms with Crippen molar-refractivity contribution in [1.29, 1.82) is 0 Å². The predicted octanol–water partition coefficient (Wildman–Crippen LogP) is 3.59. The first kappa shape index (κ1) is 17.5. The third-order valence-corrected chi connectivity index (χ3v) is 4.46. The van der Waals surface area contributed by atoms with E-state index in [4.69, 9.17) is 9.15 Å². The Morgan fingerprint density at radius 2 is 1.88 bits per heavy atom. The standard InChI is InChI=1S/C17H21N5O2S/c1-11(2)9-22-16(13-5-7-14(23-4)8-6-13)20-21-17(22)25-10-15-19-18-12(3)24-15/h5-8,11H,9-10H2,1-4H3. The smallest absolute Gasteiger partial charge is 0.226 e. The average molecular weight is 359 g/mol. The number of methoxy groups -OCH3 is 1. The van der Waals surface area contributed by atoms with Crippen molar-refractivity contribution in [1.82, 2.24) is 25.0 Å². The molecule has 0 fully saturated rings. The zero-order chi connectivity index (χ0) is 17.8. The summed E-state index contributed by atoms with van der Waals surface area (Å²) in [5.74, 6) is 3.86. The molecule has 8 heteroatoms. The van der Waals surface area contributed by atoms with E-state index in [9.17, 15) is 0 Å². The van der Waals surface area contributed by atoms with Gasteiger partial charge in [-0.3, -0.25) is 0 Å². The highest BCUT2D eigenvalue weighted by Gasteiger charge is 2.16. The van der Waals surface area contributed by atoms with E-state index in [0.717, 1.165) is 28.8 Å². The maximum absolute atomic E-state index is 5.43. The zero-order valence-electron chi connectivity index (χ0n) is 14.8. The number of ether oxygens (including phenoxy) is 1. The van der Waals surface area contributed by atoms with Crippen molar-refractivity contribution in [2.45, 2.75) is 38.2 Å². The van der Waals surface area contributed by atoms with Gasteiger partial charge in [0.1, 0.15) is 5.75 Å². The Kier molecular flexibility index (Phi) is 5.37. The molecule has 0 saturated heterocycles. The van der Waals surface area contributed by atoms with Gasteiger partial charge in [0, 0.05) is 19.0 Å². The Balaban J connectivity index is 1.86. The maximum Gasteiger partial charge on any atom is 0.226 e. The molecule has 7 nitrogen and oxygen atoms in total. The van der Waals surface area contributed by atoms with Gasteiger partial charge >= 0.3 is 0 Å². The summed E-state index contributed by atoms with van der Waals surface area (Å²) in [4.78, 5) is 0. The van der Waals surface area contributed by atoms with Crippen molar-refractivity contribution in [3.05, 3.63) is 36.0 Å². The second-order valence-corrected chi connectivity index (χ2v) is 6.99. The van der Waals surface area contributed by atoms with Gasteiger partial charge in [-0.15, -0.1) is 20.4 Å². The SMILES string of the molecule is COc1ccc(-c2nnc(SCc3nnc(C)o3)n2CC(C)C)cc1. The molecule has 2 aromatic heterocycles. The van der Waals surface area contributed by atoms with Gasteiger partial charge in [-0.25, -0.2) is 0 Å². The third kappa shape index (κ3) is 4.19. The normalized spacial score (nSPS) is 11.2. The van der Waals surface area contributed by atoms with Crippen molar-refractivity contribution >= 4 is 11.8 Å². The van der Waals surface area contributed by atoms with Crippen LogP contribution in [-0.2, 0) is 12.3 Å². The van der Waals surface area contributed by atoms with Crippen LogP contribution in [0.2, 0.25) is 0 Å². The Hall–Kier alpha value is -2.35. The van der Waals surface area contributed by atoms with Crippen LogP contribution in [0.4, 0.5) is 0 Å². The molecule has 0 radical (unpaired) electrons. The largest absolute Gasteiger partial charge is 0.497 e. The first-order chi connectivity index (χ1) is 12.1. The lowest BCUT2D eigenvalue weighted by atomic mass is 10.2. The summed E-state index contributed by atoms with van der Waals surface area (Å²) >= 11 is 1.55. The summed E-state index contributed by atoms with van der Waals surface area (Å²) in [6.07, 6.45) is 0. The molecule has 25 heavy (non-hydrogen) atoms. The van der Waals surface area contributed by atoms with Crippen LogP contribution in [0, 0.1) is 12.8 Å². The van der Waals surface area contributed by atoms with Gasteiger partial charge in [0.15, 0.2) is 11.0 Å². The molecule has 0 saturated carbocycles. The summed E-state index contributed by atoms with van der Waals surface area (Å²) in [5, 5.41) is 17.5. The molecular weight excluding hydrogens is 338 g/mol. The minimum Gasteiger partial charge on any atom is -0.497 e. The molecule has 0 aliphatic rings. The number of nitrogens with zero attached hydrogens (tertiary/aromatic N) is 5. The van der Waals surface area contributed by atoms with E-state index in [0.29, 0.717) is 23.5 Å². The maximum atomic E-state index is 5.43. The van der Waals surface area contributed by atoms with Crippen molar-refractivity contribution in [3.8, 4) is 17.1 Å². The highest BCUT2D eigenvalue weighted by molar-refractivity contribution is 7.98. The lowest BCUT2D eigenvalue weighted by molar-refractivity contribution is 0.415. The summed E-state index contributed by atoms with van der Waals surface area (Å²) in [6.45, 7) is 6.96. The minimum absolute atomic E-state index is 0.470. The summed E-state index contributed by atoms with van der Waals surface area (Å²) in [7, 11) is 1.66. The highest BCUT2D eigenvalue weighted by atomic mass is 32.2. The van der Waals surface area contributed by atoms with Crippen molar-refractivity contribution < 1.29 is 9.15 Å². The third-order valence-electron chi connectivity index (χ3n) is 3.51. The molecule has 0 spiro atoms. The fraction of sp³-hybridized carbons (Fsp3) is 0.412. The summed E-state index contributed by atoms with van der Waals surface area (Å²) < 4.78 is 12.8. The molecule has 0 amide bonds. The predicted molar refractivity (Wildman–Crippen MR) is 95.4 cm³/mol. The number of aromatic nitrogens is 5. The van der Waals surface area contributed by atoms with Crippen LogP contribution in [0.5, 0.6) is 5.75 Å². The van der Waals surface area contributed by atoms with E-state index >= 15 is 0 Å². The minimum atomic E-state index is 0.470. The van der Waals surface area contributed by atoms with Gasteiger partial charge in [0.2, 0.25) is 11.8 Å². The fourth-order valence-corrected chi connectivity index (χ4v) is 3.19. The van der Waals surface area contributed by atoms with E-state index in [2.05, 4.69) is 38.8 Å². The molecule has 0 N–H and O–H groups in total. The number of aryl methyl sites for hydroxylation is 1. The lowest BCUT2D eigenvalue weighted by Crippen LogP contribution is -2.08. The van der Waals surface area contributed by atoms with Gasteiger partial charge < -0.3 is 13.7 Å². The first-order valence-electron chi connectivity index (χ1n) is 8.06. The monoisotopic (exact) mass is 359 g/mol. The van der Waals surface area contributed by atoms with Gasteiger partial charge in [0.05, 0.1) is 12.9 Å². The van der Waals surface area contributed by atoms with E-state index in [1.807, 2.05) is 24.3 Å². The van der Waals surface area contributed by atoms with Crippen molar-refractivity contribution in [3.63, 3.8) is 0 Å². The van der Waals surface area contributed by atoms with Gasteiger partial charge in [-0.1, -0.05) is 25.6 Å². The Morgan fingerprint density at radius 1 is 1.12 bits per heavy atom. The molecule has 0 bridgehead atoms. The van der Waals surface area contributed by atoms with E-state index < -0.39 is 0 Å². The van der Waals surface area contributed by atoms with Crippen LogP contribution < -0.4 is 4.74 Å². The van der Waals surface area contributed by atoms with Crippen molar-refractivity contribution in [2.24, 2.45) is 5.92 Å². The van der Waals surface area contributed by atoms with Crippen LogP contribution >= 0.6 is 11.8 Å². The highest BCUT2D eigenvalue weighted by Crippen LogP contribution is 2.28. The van der Waals surface area contributed by atoms with Crippen molar-refractivity contribution in [2.75, 3.05) is 7.11 Å². The zero-order valence-corrected chi connectivity index (χ0v) is 15.6. The molecule has 0 aliphatic heterocycles. The Bertz CT molecular complexity index is 826. The molecular formula is C17H21N5O2S. The molecule has 1 aromatic carbocycles. The Labute approximate surface area is 150 Å². The van der Waals surface area contributed by atoms with Gasteiger partial charge in [-0.2, -0.15) is 0 Å². The first-order valence-corrected chi connectivity index (χ1v) is 9.04. The number of benzene rings is 1. The van der Waals surface area contributed by atoms with Crippen LogP contribution in [0.15, 0.2) is 33.8 Å². The van der Waals surface area contributed by atoms with Crippen LogP contribution in [0.3, 0.4) is 0 Å². The van der Waals surface area contributed by atoms with Crippen LogP contribution in [0.1, 0.15) is 25.6 Å². The molecule has 0 aliphatic carbocycles. The fourth-order valence-electron chi connectivity index (χ4n) is 2.40. The molecule has 0 unspecified atom stereocenters. The molecule has 2 heterocycles. The number of rotatable bonds is 7. The summed E-state index contributed by atoms with van der Waals surface area (Å²) in [6, 6.07) is 7.85. The Morgan fingerprint density at radius 3 is 2.48 bits per heavy atom. The van der Waals surface area contributed by atoms with E-state index in [1.165, 1.54) is 0 Å². The molecule has 132 valence electrons. The number of hydrogen-bond donors (Lipinski definition) is 0. The second kappa shape index (κ2) is 7.69.